The third kappa shape index (κ3) is 1.73. The molecule has 0 bridgehead atoms. The minimum absolute atomic E-state index is 0.324. The van der Waals surface area contributed by atoms with Crippen LogP contribution in [0.4, 0.5) is 0 Å². The Morgan fingerprint density at radius 3 is 2.71 bits per heavy atom. The van der Waals surface area contributed by atoms with E-state index in [1.165, 1.54) is 5.56 Å². The minimum Gasteiger partial charge on any atom is -0.381 e. The zero-order chi connectivity index (χ0) is 10.2. The summed E-state index contributed by atoms with van der Waals surface area (Å²) in [6, 6.07) is 8.59. The molecule has 0 aromatic heterocycles. The van der Waals surface area contributed by atoms with Crippen LogP contribution in [0.2, 0.25) is 0 Å². The number of benzene rings is 1. The lowest BCUT2D eigenvalue weighted by Crippen LogP contribution is -2.43. The molecule has 0 atom stereocenters. The van der Waals surface area contributed by atoms with Crippen molar-refractivity contribution in [2.75, 3.05) is 7.11 Å². The van der Waals surface area contributed by atoms with Crippen LogP contribution in [0.5, 0.6) is 0 Å². The highest BCUT2D eigenvalue weighted by molar-refractivity contribution is 9.10. The van der Waals surface area contributed by atoms with E-state index in [2.05, 4.69) is 47.1 Å². The molecule has 0 heterocycles. The van der Waals surface area contributed by atoms with Crippen molar-refractivity contribution in [2.45, 2.75) is 31.3 Å². The average Bonchev–Trinajstić information content (AvgIpc) is 2.13. The summed E-state index contributed by atoms with van der Waals surface area (Å²) in [5.74, 6) is 0. The van der Waals surface area contributed by atoms with Crippen LogP contribution in [0, 0.1) is 0 Å². The SMILES string of the molecule is COC1CC(C)(c2cccc(Br)c2)C1. The molecule has 0 unspecified atom stereocenters. The molecule has 1 aromatic carbocycles. The highest BCUT2D eigenvalue weighted by Gasteiger charge is 2.41. The van der Waals surface area contributed by atoms with Crippen LogP contribution in [0.25, 0.3) is 0 Å². The maximum Gasteiger partial charge on any atom is 0.0588 e. The van der Waals surface area contributed by atoms with Crippen LogP contribution < -0.4 is 0 Å². The first kappa shape index (κ1) is 10.2. The topological polar surface area (TPSA) is 9.23 Å². The van der Waals surface area contributed by atoms with Crippen molar-refractivity contribution in [3.8, 4) is 0 Å². The van der Waals surface area contributed by atoms with Gasteiger partial charge in [0.2, 0.25) is 0 Å². The third-order valence-corrected chi connectivity index (χ3v) is 3.70. The average molecular weight is 255 g/mol. The molecular weight excluding hydrogens is 240 g/mol. The standard InChI is InChI=1S/C12H15BrO/c1-12(7-11(8-12)14-2)9-4-3-5-10(13)6-9/h3-6,11H,7-8H2,1-2H3. The molecule has 1 aromatic rings. The van der Waals surface area contributed by atoms with Gasteiger partial charge in [-0.15, -0.1) is 0 Å². The van der Waals surface area contributed by atoms with Gasteiger partial charge in [0.05, 0.1) is 6.10 Å². The molecular formula is C12H15BrO. The molecule has 1 saturated carbocycles. The minimum atomic E-state index is 0.324. The molecule has 0 amide bonds. The summed E-state index contributed by atoms with van der Waals surface area (Å²) in [4.78, 5) is 0. The lowest BCUT2D eigenvalue weighted by molar-refractivity contribution is -0.0112. The lowest BCUT2D eigenvalue weighted by Gasteiger charge is -2.45. The summed E-state index contributed by atoms with van der Waals surface area (Å²) in [6.07, 6.45) is 2.74. The maximum absolute atomic E-state index is 5.32. The summed E-state index contributed by atoms with van der Waals surface area (Å²) in [5, 5.41) is 0. The third-order valence-electron chi connectivity index (χ3n) is 3.21. The van der Waals surface area contributed by atoms with Crippen LogP contribution in [0.3, 0.4) is 0 Å². The number of hydrogen-bond acceptors (Lipinski definition) is 1. The number of methoxy groups -OCH3 is 1. The summed E-state index contributed by atoms with van der Waals surface area (Å²) >= 11 is 3.51. The quantitative estimate of drug-likeness (QED) is 0.785. The molecule has 0 saturated heterocycles. The van der Waals surface area contributed by atoms with E-state index in [9.17, 15) is 0 Å². The van der Waals surface area contributed by atoms with E-state index in [0.29, 0.717) is 11.5 Å². The Labute approximate surface area is 93.6 Å². The Bertz CT molecular complexity index is 329. The first-order valence-electron chi connectivity index (χ1n) is 4.93. The van der Waals surface area contributed by atoms with Crippen LogP contribution >= 0.6 is 15.9 Å². The fourth-order valence-corrected chi connectivity index (χ4v) is 2.61. The fourth-order valence-electron chi connectivity index (χ4n) is 2.21. The zero-order valence-electron chi connectivity index (χ0n) is 8.59. The van der Waals surface area contributed by atoms with E-state index in [-0.39, 0.29) is 0 Å². The summed E-state index contributed by atoms with van der Waals surface area (Å²) in [7, 11) is 1.80. The Morgan fingerprint density at radius 2 is 2.14 bits per heavy atom. The van der Waals surface area contributed by atoms with Gasteiger partial charge in [0, 0.05) is 11.6 Å². The molecule has 0 radical (unpaired) electrons. The van der Waals surface area contributed by atoms with E-state index >= 15 is 0 Å². The van der Waals surface area contributed by atoms with Gasteiger partial charge in [-0.3, -0.25) is 0 Å². The van der Waals surface area contributed by atoms with Gasteiger partial charge in [-0.2, -0.15) is 0 Å². The Morgan fingerprint density at radius 1 is 1.43 bits per heavy atom. The van der Waals surface area contributed by atoms with Gasteiger partial charge in [-0.1, -0.05) is 35.0 Å². The number of ether oxygens (including phenoxy) is 1. The van der Waals surface area contributed by atoms with E-state index < -0.39 is 0 Å². The van der Waals surface area contributed by atoms with Crippen LogP contribution in [-0.2, 0) is 10.2 Å². The summed E-state index contributed by atoms with van der Waals surface area (Å²) in [5.41, 5.74) is 1.74. The van der Waals surface area contributed by atoms with Crippen LogP contribution in [0.1, 0.15) is 25.3 Å². The molecule has 1 aliphatic carbocycles. The molecule has 2 heteroatoms. The van der Waals surface area contributed by atoms with Crippen molar-refractivity contribution in [3.05, 3.63) is 34.3 Å². The van der Waals surface area contributed by atoms with Gasteiger partial charge >= 0.3 is 0 Å². The molecule has 1 nitrogen and oxygen atoms in total. The van der Waals surface area contributed by atoms with Crippen molar-refractivity contribution in [1.82, 2.24) is 0 Å². The highest BCUT2D eigenvalue weighted by atomic mass is 79.9. The van der Waals surface area contributed by atoms with E-state index in [1.807, 2.05) is 0 Å². The number of hydrogen-bond donors (Lipinski definition) is 0. The van der Waals surface area contributed by atoms with Crippen molar-refractivity contribution < 1.29 is 4.74 Å². The van der Waals surface area contributed by atoms with Crippen LogP contribution in [-0.4, -0.2) is 13.2 Å². The lowest BCUT2D eigenvalue weighted by atomic mass is 9.64. The van der Waals surface area contributed by atoms with Crippen molar-refractivity contribution in [2.24, 2.45) is 0 Å². The molecule has 76 valence electrons. The van der Waals surface area contributed by atoms with Gasteiger partial charge in [-0.05, 0) is 36.0 Å². The zero-order valence-corrected chi connectivity index (χ0v) is 10.2. The van der Waals surface area contributed by atoms with Crippen molar-refractivity contribution in [1.29, 1.82) is 0 Å². The Balaban J connectivity index is 2.16. The maximum atomic E-state index is 5.32. The van der Waals surface area contributed by atoms with E-state index in [4.69, 9.17) is 4.74 Å². The normalized spacial score (nSPS) is 31.2. The second kappa shape index (κ2) is 3.67. The van der Waals surface area contributed by atoms with Crippen molar-refractivity contribution >= 4 is 15.9 Å². The smallest absolute Gasteiger partial charge is 0.0588 e. The van der Waals surface area contributed by atoms with Crippen LogP contribution in [0.15, 0.2) is 28.7 Å². The van der Waals surface area contributed by atoms with Gasteiger partial charge in [0.15, 0.2) is 0 Å². The predicted molar refractivity (Wildman–Crippen MR) is 61.5 cm³/mol. The van der Waals surface area contributed by atoms with Gasteiger partial charge < -0.3 is 4.74 Å². The van der Waals surface area contributed by atoms with E-state index in [0.717, 1.165) is 17.3 Å². The number of halogens is 1. The summed E-state index contributed by atoms with van der Waals surface area (Å²) < 4.78 is 6.49. The highest BCUT2D eigenvalue weighted by Crippen LogP contribution is 2.45. The molecule has 1 aliphatic rings. The monoisotopic (exact) mass is 254 g/mol. The van der Waals surface area contributed by atoms with Gasteiger partial charge in [0.1, 0.15) is 0 Å². The van der Waals surface area contributed by atoms with Crippen molar-refractivity contribution in [3.63, 3.8) is 0 Å². The predicted octanol–water partition coefficient (Wildman–Crippen LogP) is 3.52. The Kier molecular flexibility index (Phi) is 2.67. The number of rotatable bonds is 2. The fraction of sp³-hybridized carbons (Fsp3) is 0.500. The first-order chi connectivity index (χ1) is 6.64. The second-order valence-electron chi connectivity index (χ2n) is 4.34. The van der Waals surface area contributed by atoms with E-state index in [1.54, 1.807) is 7.11 Å². The largest absolute Gasteiger partial charge is 0.381 e. The molecule has 0 aliphatic heterocycles. The van der Waals surface area contributed by atoms with Gasteiger partial charge in [-0.25, -0.2) is 0 Å². The molecule has 14 heavy (non-hydrogen) atoms. The molecule has 0 N–H and O–H groups in total. The first-order valence-corrected chi connectivity index (χ1v) is 5.72. The summed E-state index contributed by atoms with van der Waals surface area (Å²) in [6.45, 7) is 2.31. The molecule has 0 spiro atoms. The molecule has 2 rings (SSSR count). The van der Waals surface area contributed by atoms with Gasteiger partial charge in [0.25, 0.3) is 0 Å². The molecule has 1 fully saturated rings. The second-order valence-corrected chi connectivity index (χ2v) is 5.25. The Hall–Kier alpha value is -0.340.